The molecule has 1 amide bonds. The van der Waals surface area contributed by atoms with Crippen LogP contribution in [0.25, 0.3) is 11.4 Å². The fourth-order valence-corrected chi connectivity index (χ4v) is 3.15. The van der Waals surface area contributed by atoms with E-state index in [0.717, 1.165) is 11.1 Å². The van der Waals surface area contributed by atoms with Gasteiger partial charge >= 0.3 is 0 Å². The predicted octanol–water partition coefficient (Wildman–Crippen LogP) is 2.81. The highest BCUT2D eigenvalue weighted by Crippen LogP contribution is 2.24. The van der Waals surface area contributed by atoms with Crippen LogP contribution in [0.4, 0.5) is 5.82 Å². The number of aromatic nitrogens is 2. The van der Waals surface area contributed by atoms with Gasteiger partial charge in [-0.05, 0) is 25.1 Å². The van der Waals surface area contributed by atoms with Gasteiger partial charge in [0.1, 0.15) is 17.1 Å². The van der Waals surface area contributed by atoms with E-state index < -0.39 is 0 Å². The number of nitrogens with zero attached hydrogens (tertiary/aromatic N) is 3. The monoisotopic (exact) mass is 378 g/mol. The molecule has 0 aliphatic carbocycles. The summed E-state index contributed by atoms with van der Waals surface area (Å²) in [5.74, 6) is 1.70. The maximum Gasteiger partial charge on any atom is 0.256 e. The van der Waals surface area contributed by atoms with E-state index in [1.165, 1.54) is 0 Å². The van der Waals surface area contributed by atoms with Crippen molar-refractivity contribution in [1.29, 1.82) is 0 Å². The van der Waals surface area contributed by atoms with E-state index in [-0.39, 0.29) is 5.91 Å². The van der Waals surface area contributed by atoms with Crippen LogP contribution in [-0.2, 0) is 11.3 Å². The SMILES string of the molecule is Cc1cccc(-c2ncc(C(=O)NCc3ccco3)c(N3CCOCC3)n2)c1. The maximum atomic E-state index is 12.8. The average Bonchev–Trinajstić information content (AvgIpc) is 3.26. The number of morpholine rings is 1. The van der Waals surface area contributed by atoms with Crippen molar-refractivity contribution >= 4 is 11.7 Å². The molecule has 0 unspecified atom stereocenters. The van der Waals surface area contributed by atoms with Crippen molar-refractivity contribution in [2.24, 2.45) is 0 Å². The summed E-state index contributed by atoms with van der Waals surface area (Å²) in [6.45, 7) is 4.93. The smallest absolute Gasteiger partial charge is 0.256 e. The summed E-state index contributed by atoms with van der Waals surface area (Å²) in [7, 11) is 0. The largest absolute Gasteiger partial charge is 0.467 e. The minimum atomic E-state index is -0.228. The van der Waals surface area contributed by atoms with Crippen LogP contribution in [-0.4, -0.2) is 42.2 Å². The first kappa shape index (κ1) is 18.2. The number of carbonyl (C=O) groups is 1. The molecule has 3 aromatic rings. The fraction of sp³-hybridized carbons (Fsp3) is 0.286. The lowest BCUT2D eigenvalue weighted by molar-refractivity contribution is 0.0945. The predicted molar refractivity (Wildman–Crippen MR) is 105 cm³/mol. The Kier molecular flexibility index (Phi) is 5.34. The Morgan fingerprint density at radius 2 is 2.07 bits per heavy atom. The second-order valence-electron chi connectivity index (χ2n) is 6.66. The summed E-state index contributed by atoms with van der Waals surface area (Å²) in [6.07, 6.45) is 3.19. The van der Waals surface area contributed by atoms with Gasteiger partial charge in [0.2, 0.25) is 0 Å². The van der Waals surface area contributed by atoms with Gasteiger partial charge in [-0.3, -0.25) is 4.79 Å². The quantitative estimate of drug-likeness (QED) is 0.735. The Labute approximate surface area is 163 Å². The minimum absolute atomic E-state index is 0.228. The van der Waals surface area contributed by atoms with E-state index in [1.54, 1.807) is 18.5 Å². The lowest BCUT2D eigenvalue weighted by atomic mass is 10.1. The molecule has 3 heterocycles. The van der Waals surface area contributed by atoms with Crippen LogP contribution < -0.4 is 10.2 Å². The topological polar surface area (TPSA) is 80.5 Å². The standard InChI is InChI=1S/C21H22N4O3/c1-15-4-2-5-16(12-15)19-22-14-18(20(24-19)25-7-10-27-11-8-25)21(26)23-13-17-6-3-9-28-17/h2-6,9,12,14H,7-8,10-11,13H2,1H3,(H,23,26). The Balaban J connectivity index is 1.65. The highest BCUT2D eigenvalue weighted by atomic mass is 16.5. The van der Waals surface area contributed by atoms with E-state index in [4.69, 9.17) is 14.1 Å². The van der Waals surface area contributed by atoms with Crippen LogP contribution in [0.5, 0.6) is 0 Å². The van der Waals surface area contributed by atoms with Gasteiger partial charge in [0.25, 0.3) is 5.91 Å². The van der Waals surface area contributed by atoms with Crippen LogP contribution in [0.3, 0.4) is 0 Å². The van der Waals surface area contributed by atoms with E-state index in [9.17, 15) is 4.79 Å². The zero-order valence-electron chi connectivity index (χ0n) is 15.7. The van der Waals surface area contributed by atoms with E-state index >= 15 is 0 Å². The van der Waals surface area contributed by atoms with Gasteiger partial charge < -0.3 is 19.4 Å². The maximum absolute atomic E-state index is 12.8. The third-order valence-corrected chi connectivity index (χ3v) is 4.60. The minimum Gasteiger partial charge on any atom is -0.467 e. The van der Waals surface area contributed by atoms with Crippen molar-refractivity contribution < 1.29 is 13.9 Å². The summed E-state index contributed by atoms with van der Waals surface area (Å²) in [4.78, 5) is 24.1. The Morgan fingerprint density at radius 3 is 2.82 bits per heavy atom. The molecule has 144 valence electrons. The molecule has 1 N–H and O–H groups in total. The highest BCUT2D eigenvalue weighted by molar-refractivity contribution is 5.98. The first-order valence-electron chi connectivity index (χ1n) is 9.28. The zero-order chi connectivity index (χ0) is 19.3. The number of benzene rings is 1. The molecular formula is C21H22N4O3. The highest BCUT2D eigenvalue weighted by Gasteiger charge is 2.22. The Morgan fingerprint density at radius 1 is 1.21 bits per heavy atom. The molecule has 0 atom stereocenters. The van der Waals surface area contributed by atoms with Crippen molar-refractivity contribution in [2.45, 2.75) is 13.5 Å². The number of hydrogen-bond donors (Lipinski definition) is 1. The molecule has 1 aromatic carbocycles. The van der Waals surface area contributed by atoms with Crippen LogP contribution in [0, 0.1) is 6.92 Å². The molecule has 4 rings (SSSR count). The zero-order valence-corrected chi connectivity index (χ0v) is 15.7. The normalized spacial score (nSPS) is 14.1. The lowest BCUT2D eigenvalue weighted by Gasteiger charge is -2.29. The van der Waals surface area contributed by atoms with Gasteiger partial charge in [-0.15, -0.1) is 0 Å². The number of aryl methyl sites for hydroxylation is 1. The number of nitrogens with one attached hydrogen (secondary N) is 1. The van der Waals surface area contributed by atoms with Crippen molar-refractivity contribution in [2.75, 3.05) is 31.2 Å². The van der Waals surface area contributed by atoms with E-state index in [2.05, 4.69) is 15.2 Å². The molecule has 7 nitrogen and oxygen atoms in total. The second-order valence-corrected chi connectivity index (χ2v) is 6.66. The number of rotatable bonds is 5. The number of amides is 1. The van der Waals surface area contributed by atoms with Crippen molar-refractivity contribution in [1.82, 2.24) is 15.3 Å². The van der Waals surface area contributed by atoms with Crippen LogP contribution >= 0.6 is 0 Å². The third kappa shape index (κ3) is 4.04. The molecule has 1 saturated heterocycles. The first-order chi connectivity index (χ1) is 13.7. The van der Waals surface area contributed by atoms with Crippen LogP contribution in [0.1, 0.15) is 21.7 Å². The molecule has 0 radical (unpaired) electrons. The molecule has 7 heteroatoms. The van der Waals surface area contributed by atoms with Gasteiger partial charge in [0.15, 0.2) is 5.82 Å². The summed E-state index contributed by atoms with van der Waals surface area (Å²) < 4.78 is 10.7. The molecule has 28 heavy (non-hydrogen) atoms. The third-order valence-electron chi connectivity index (χ3n) is 4.60. The second kappa shape index (κ2) is 8.22. The Hall–Kier alpha value is -3.19. The van der Waals surface area contributed by atoms with Gasteiger partial charge in [-0.2, -0.15) is 0 Å². The Bertz CT molecular complexity index is 950. The lowest BCUT2D eigenvalue weighted by Crippen LogP contribution is -2.38. The number of ether oxygens (including phenoxy) is 1. The summed E-state index contributed by atoms with van der Waals surface area (Å²) >= 11 is 0. The molecule has 0 spiro atoms. The number of carbonyl (C=O) groups excluding carboxylic acids is 1. The summed E-state index contributed by atoms with van der Waals surface area (Å²) in [6, 6.07) is 11.6. The van der Waals surface area contributed by atoms with Crippen LogP contribution in [0.15, 0.2) is 53.3 Å². The molecule has 1 fully saturated rings. The van der Waals surface area contributed by atoms with Gasteiger partial charge in [-0.1, -0.05) is 23.8 Å². The molecule has 1 aliphatic rings. The molecule has 0 bridgehead atoms. The van der Waals surface area contributed by atoms with Crippen molar-refractivity contribution in [3.63, 3.8) is 0 Å². The van der Waals surface area contributed by atoms with E-state index in [1.807, 2.05) is 37.3 Å². The summed E-state index contributed by atoms with van der Waals surface area (Å²) in [5, 5.41) is 2.88. The fourth-order valence-electron chi connectivity index (χ4n) is 3.15. The van der Waals surface area contributed by atoms with Gasteiger partial charge in [-0.25, -0.2) is 9.97 Å². The van der Waals surface area contributed by atoms with Crippen molar-refractivity contribution in [3.05, 3.63) is 65.7 Å². The molecule has 2 aromatic heterocycles. The molecule has 1 aliphatic heterocycles. The molecular weight excluding hydrogens is 356 g/mol. The average molecular weight is 378 g/mol. The number of anilines is 1. The number of furan rings is 1. The van der Waals surface area contributed by atoms with Gasteiger partial charge in [0, 0.05) is 24.8 Å². The van der Waals surface area contributed by atoms with Gasteiger partial charge in [0.05, 0.1) is 26.0 Å². The first-order valence-corrected chi connectivity index (χ1v) is 9.28. The van der Waals surface area contributed by atoms with E-state index in [0.29, 0.717) is 55.8 Å². The summed E-state index contributed by atoms with van der Waals surface area (Å²) in [5.41, 5.74) is 2.51. The molecule has 0 saturated carbocycles. The van der Waals surface area contributed by atoms with Crippen LogP contribution in [0.2, 0.25) is 0 Å². The number of hydrogen-bond acceptors (Lipinski definition) is 6. The van der Waals surface area contributed by atoms with Crippen molar-refractivity contribution in [3.8, 4) is 11.4 Å².